The van der Waals surface area contributed by atoms with Crippen LogP contribution >= 0.6 is 24.0 Å². The molecule has 0 unspecified atom stereocenters. The molecule has 2 amide bonds. The number of hydrazine groups is 1. The van der Waals surface area contributed by atoms with Crippen molar-refractivity contribution in [2.24, 2.45) is 0 Å². The lowest BCUT2D eigenvalue weighted by Gasteiger charge is -2.15. The van der Waals surface area contributed by atoms with Crippen molar-refractivity contribution in [3.05, 3.63) is 70.9 Å². The lowest BCUT2D eigenvalue weighted by Crippen LogP contribution is -2.44. The average molecular weight is 341 g/mol. The minimum atomic E-state index is -0.388. The number of aromatic nitrogens is 1. The van der Waals surface area contributed by atoms with E-state index in [4.69, 9.17) is 12.2 Å². The smallest absolute Gasteiger partial charge is 0.267 e. The number of amides is 2. The maximum absolute atomic E-state index is 12.4. The molecule has 1 saturated heterocycles. The van der Waals surface area contributed by atoms with Gasteiger partial charge in [-0.15, -0.1) is 0 Å². The van der Waals surface area contributed by atoms with Gasteiger partial charge < -0.3 is 0 Å². The molecule has 3 rings (SSSR count). The largest absolute Gasteiger partial charge is 0.285 e. The number of nitrogens with one attached hydrogen (secondary N) is 1. The molecule has 0 bridgehead atoms. The number of benzene rings is 1. The Kier molecular flexibility index (Phi) is 4.50. The second-order valence-electron chi connectivity index (χ2n) is 4.58. The fourth-order valence-electron chi connectivity index (χ4n) is 1.92. The second kappa shape index (κ2) is 6.72. The molecule has 2 aromatic rings. The maximum atomic E-state index is 12.4. The zero-order valence-electron chi connectivity index (χ0n) is 11.8. The summed E-state index contributed by atoms with van der Waals surface area (Å²) >= 11 is 6.30. The van der Waals surface area contributed by atoms with Crippen LogP contribution in [-0.2, 0) is 4.79 Å². The number of nitrogens with zero attached hydrogens (tertiary/aromatic N) is 2. The van der Waals surface area contributed by atoms with Gasteiger partial charge in [0.1, 0.15) is 0 Å². The molecule has 5 nitrogen and oxygen atoms in total. The first-order chi connectivity index (χ1) is 11.1. The molecule has 0 spiro atoms. The summed E-state index contributed by atoms with van der Waals surface area (Å²) in [5.41, 5.74) is 3.64. The van der Waals surface area contributed by atoms with Gasteiger partial charge in [-0.05, 0) is 42.6 Å². The van der Waals surface area contributed by atoms with Crippen LogP contribution in [0.15, 0.2) is 59.6 Å². The molecule has 1 N–H and O–H groups in total. The van der Waals surface area contributed by atoms with Gasteiger partial charge in [0.05, 0.1) is 10.6 Å². The molecule has 0 radical (unpaired) electrons. The highest BCUT2D eigenvalue weighted by molar-refractivity contribution is 8.26. The predicted molar refractivity (Wildman–Crippen MR) is 93.2 cm³/mol. The van der Waals surface area contributed by atoms with Crippen LogP contribution in [0.3, 0.4) is 0 Å². The standard InChI is InChI=1S/C16H11N3O2S2/c20-14(11-6-2-1-3-7-11)18-19-15(21)13(23-16(19)22)10-12-8-4-5-9-17-12/h1-10H,(H,18,20)/b13-10+. The fraction of sp³-hybridized carbons (Fsp3) is 0. The molecule has 7 heteroatoms. The van der Waals surface area contributed by atoms with Crippen molar-refractivity contribution in [1.82, 2.24) is 15.4 Å². The molecule has 1 aromatic heterocycles. The van der Waals surface area contributed by atoms with E-state index in [9.17, 15) is 9.59 Å². The van der Waals surface area contributed by atoms with Crippen molar-refractivity contribution in [3.63, 3.8) is 0 Å². The lowest BCUT2D eigenvalue weighted by molar-refractivity contribution is -0.123. The summed E-state index contributed by atoms with van der Waals surface area (Å²) < 4.78 is 0.279. The summed E-state index contributed by atoms with van der Waals surface area (Å²) in [5.74, 6) is -0.754. The van der Waals surface area contributed by atoms with Gasteiger partial charge in [0, 0.05) is 11.8 Å². The summed E-state index contributed by atoms with van der Waals surface area (Å²) in [4.78, 5) is 29.1. The van der Waals surface area contributed by atoms with E-state index >= 15 is 0 Å². The minimum Gasteiger partial charge on any atom is -0.267 e. The summed E-state index contributed by atoms with van der Waals surface area (Å²) in [7, 11) is 0. The summed E-state index contributed by atoms with van der Waals surface area (Å²) in [5, 5.41) is 1.09. The lowest BCUT2D eigenvalue weighted by atomic mass is 10.2. The summed E-state index contributed by atoms with van der Waals surface area (Å²) in [6.07, 6.45) is 3.29. The van der Waals surface area contributed by atoms with Gasteiger partial charge in [-0.2, -0.15) is 5.01 Å². The Hall–Kier alpha value is -2.51. The Morgan fingerprint density at radius 3 is 2.61 bits per heavy atom. The average Bonchev–Trinajstić information content (AvgIpc) is 2.84. The zero-order chi connectivity index (χ0) is 16.2. The molecule has 23 heavy (non-hydrogen) atoms. The number of pyridine rings is 1. The molecular formula is C16H11N3O2S2. The molecule has 1 fully saturated rings. The van der Waals surface area contributed by atoms with Gasteiger partial charge in [0.25, 0.3) is 11.8 Å². The van der Waals surface area contributed by atoms with Crippen molar-refractivity contribution in [3.8, 4) is 0 Å². The van der Waals surface area contributed by atoms with E-state index < -0.39 is 0 Å². The van der Waals surface area contributed by atoms with E-state index in [0.29, 0.717) is 16.2 Å². The van der Waals surface area contributed by atoms with Crippen LogP contribution in [0, 0.1) is 0 Å². The molecule has 1 aromatic carbocycles. The molecule has 0 aliphatic carbocycles. The topological polar surface area (TPSA) is 62.3 Å². The number of thiocarbonyl (C=S) groups is 1. The highest BCUT2D eigenvalue weighted by Crippen LogP contribution is 2.31. The van der Waals surface area contributed by atoms with E-state index in [2.05, 4.69) is 10.4 Å². The summed E-state index contributed by atoms with van der Waals surface area (Å²) in [6, 6.07) is 14.0. The first kappa shape index (κ1) is 15.4. The van der Waals surface area contributed by atoms with Crippen LogP contribution in [-0.4, -0.2) is 26.1 Å². The third kappa shape index (κ3) is 3.46. The Balaban J connectivity index is 1.77. The van der Waals surface area contributed by atoms with E-state index in [1.807, 2.05) is 12.1 Å². The number of carbonyl (C=O) groups excluding carboxylic acids is 2. The molecule has 0 atom stereocenters. The number of hydrogen-bond acceptors (Lipinski definition) is 5. The van der Waals surface area contributed by atoms with Crippen molar-refractivity contribution in [2.75, 3.05) is 0 Å². The fourth-order valence-corrected chi connectivity index (χ4v) is 3.08. The zero-order valence-corrected chi connectivity index (χ0v) is 13.4. The highest BCUT2D eigenvalue weighted by Gasteiger charge is 2.33. The SMILES string of the molecule is O=C(NN1C(=O)/C(=C\c2ccccn2)SC1=S)c1ccccc1. The van der Waals surface area contributed by atoms with Gasteiger partial charge >= 0.3 is 0 Å². The van der Waals surface area contributed by atoms with Gasteiger partial charge in [-0.25, -0.2) is 0 Å². The molecule has 2 heterocycles. The van der Waals surface area contributed by atoms with Crippen LogP contribution in [0.25, 0.3) is 6.08 Å². The molecule has 114 valence electrons. The van der Waals surface area contributed by atoms with Gasteiger partial charge in [0.2, 0.25) is 0 Å². The van der Waals surface area contributed by atoms with Crippen LogP contribution in [0.5, 0.6) is 0 Å². The molecule has 1 aliphatic heterocycles. The Morgan fingerprint density at radius 1 is 1.17 bits per heavy atom. The third-order valence-corrected chi connectivity index (χ3v) is 4.31. The maximum Gasteiger partial charge on any atom is 0.285 e. The van der Waals surface area contributed by atoms with Crippen molar-refractivity contribution >= 4 is 46.2 Å². The molecular weight excluding hydrogens is 330 g/mol. The van der Waals surface area contributed by atoms with Crippen LogP contribution in [0.2, 0.25) is 0 Å². The van der Waals surface area contributed by atoms with E-state index in [0.717, 1.165) is 16.8 Å². The number of thioether (sulfide) groups is 1. The first-order valence-electron chi connectivity index (χ1n) is 6.70. The quantitative estimate of drug-likeness (QED) is 0.687. The predicted octanol–water partition coefficient (Wildman–Crippen LogP) is 2.63. The number of rotatable bonds is 3. The van der Waals surface area contributed by atoms with Gasteiger partial charge in [-0.1, -0.05) is 36.0 Å². The number of hydrogen-bond donors (Lipinski definition) is 1. The normalized spacial score (nSPS) is 16.0. The highest BCUT2D eigenvalue weighted by atomic mass is 32.2. The molecule has 1 aliphatic rings. The molecule has 0 saturated carbocycles. The number of carbonyl (C=O) groups is 2. The van der Waals surface area contributed by atoms with Crippen LogP contribution in [0.1, 0.15) is 16.1 Å². The Bertz CT molecular complexity index is 791. The Labute approximate surface area is 142 Å². The van der Waals surface area contributed by atoms with Crippen molar-refractivity contribution in [2.45, 2.75) is 0 Å². The minimum absolute atomic E-state index is 0.279. The first-order valence-corrected chi connectivity index (χ1v) is 7.92. The van der Waals surface area contributed by atoms with Crippen LogP contribution in [0.4, 0.5) is 0 Å². The van der Waals surface area contributed by atoms with Crippen LogP contribution < -0.4 is 5.43 Å². The Morgan fingerprint density at radius 2 is 1.91 bits per heavy atom. The van der Waals surface area contributed by atoms with E-state index in [1.54, 1.807) is 48.7 Å². The second-order valence-corrected chi connectivity index (χ2v) is 6.25. The van der Waals surface area contributed by atoms with Gasteiger partial charge in [0.15, 0.2) is 4.32 Å². The summed E-state index contributed by atoms with van der Waals surface area (Å²) in [6.45, 7) is 0. The van der Waals surface area contributed by atoms with E-state index in [1.165, 1.54) is 0 Å². The third-order valence-electron chi connectivity index (χ3n) is 3.01. The van der Waals surface area contributed by atoms with Gasteiger partial charge in [-0.3, -0.25) is 20.0 Å². The monoisotopic (exact) mass is 341 g/mol. The van der Waals surface area contributed by atoms with Crippen molar-refractivity contribution in [1.29, 1.82) is 0 Å². The van der Waals surface area contributed by atoms with Crippen molar-refractivity contribution < 1.29 is 9.59 Å². The van der Waals surface area contributed by atoms with E-state index in [-0.39, 0.29) is 16.1 Å².